The molecule has 2 aromatic carbocycles. The van der Waals surface area contributed by atoms with Gasteiger partial charge in [-0.2, -0.15) is 0 Å². The molecule has 0 spiro atoms. The lowest BCUT2D eigenvalue weighted by Gasteiger charge is -2.16. The van der Waals surface area contributed by atoms with Crippen LogP contribution in [0.3, 0.4) is 0 Å². The van der Waals surface area contributed by atoms with Gasteiger partial charge in [0.05, 0.1) is 0 Å². The fraction of sp³-hybridized carbons (Fsp3) is 0.333. The first-order valence-electron chi connectivity index (χ1n) is 7.28. The highest BCUT2D eigenvalue weighted by atomic mass is 35.5. The monoisotopic (exact) mass is 301 g/mol. The quantitative estimate of drug-likeness (QED) is 0.907. The summed E-state index contributed by atoms with van der Waals surface area (Å²) in [6, 6.07) is 14.4. The van der Waals surface area contributed by atoms with E-state index < -0.39 is 0 Å². The molecular formula is C18H20ClNO. The zero-order valence-electron chi connectivity index (χ0n) is 12.4. The third-order valence-corrected chi connectivity index (χ3v) is 3.95. The van der Waals surface area contributed by atoms with Crippen LogP contribution in [0.15, 0.2) is 42.5 Å². The summed E-state index contributed by atoms with van der Waals surface area (Å²) in [6.45, 7) is 5.96. The average Bonchev–Trinajstić information content (AvgIpc) is 2.74. The first-order chi connectivity index (χ1) is 10.0. The minimum atomic E-state index is -0.0717. The SMILES string of the molecule is CC1(C)Cc2cc(CNCc3ccc(Cl)cc3)ccc2O1. The van der Waals surface area contributed by atoms with Gasteiger partial charge in [-0.3, -0.25) is 0 Å². The van der Waals surface area contributed by atoms with Gasteiger partial charge in [-0.1, -0.05) is 35.9 Å². The first-order valence-corrected chi connectivity index (χ1v) is 7.66. The van der Waals surface area contributed by atoms with Gasteiger partial charge in [0.15, 0.2) is 0 Å². The molecule has 0 bridgehead atoms. The van der Waals surface area contributed by atoms with Crippen LogP contribution in [0, 0.1) is 0 Å². The van der Waals surface area contributed by atoms with E-state index >= 15 is 0 Å². The largest absolute Gasteiger partial charge is 0.487 e. The van der Waals surface area contributed by atoms with Crippen molar-refractivity contribution in [1.82, 2.24) is 5.32 Å². The number of rotatable bonds is 4. The number of fused-ring (bicyclic) bond motifs is 1. The number of nitrogens with one attached hydrogen (secondary N) is 1. The van der Waals surface area contributed by atoms with E-state index in [0.717, 1.165) is 30.3 Å². The van der Waals surface area contributed by atoms with Gasteiger partial charge in [0.25, 0.3) is 0 Å². The highest BCUT2D eigenvalue weighted by molar-refractivity contribution is 6.30. The smallest absolute Gasteiger partial charge is 0.123 e. The van der Waals surface area contributed by atoms with Gasteiger partial charge < -0.3 is 10.1 Å². The Bertz CT molecular complexity index is 634. The normalized spacial score (nSPS) is 15.6. The van der Waals surface area contributed by atoms with E-state index in [-0.39, 0.29) is 5.60 Å². The van der Waals surface area contributed by atoms with Gasteiger partial charge in [0.2, 0.25) is 0 Å². The molecule has 0 unspecified atom stereocenters. The molecule has 21 heavy (non-hydrogen) atoms. The van der Waals surface area contributed by atoms with Gasteiger partial charge in [-0.05, 0) is 48.7 Å². The van der Waals surface area contributed by atoms with Crippen LogP contribution in [-0.2, 0) is 19.5 Å². The molecule has 0 radical (unpaired) electrons. The lowest BCUT2D eigenvalue weighted by atomic mass is 10.0. The predicted octanol–water partition coefficient (Wildman–Crippen LogP) is 4.34. The second-order valence-corrected chi connectivity index (χ2v) is 6.65. The van der Waals surface area contributed by atoms with Gasteiger partial charge in [0.1, 0.15) is 11.4 Å². The van der Waals surface area contributed by atoms with Crippen molar-refractivity contribution in [2.24, 2.45) is 0 Å². The van der Waals surface area contributed by atoms with Gasteiger partial charge in [-0.25, -0.2) is 0 Å². The molecule has 1 aliphatic rings. The molecule has 0 saturated carbocycles. The molecule has 3 rings (SSSR count). The molecule has 110 valence electrons. The van der Waals surface area contributed by atoms with Crippen LogP contribution in [0.5, 0.6) is 5.75 Å². The molecular weight excluding hydrogens is 282 g/mol. The second kappa shape index (κ2) is 5.70. The fourth-order valence-corrected chi connectivity index (χ4v) is 2.85. The van der Waals surface area contributed by atoms with Crippen LogP contribution in [-0.4, -0.2) is 5.60 Å². The van der Waals surface area contributed by atoms with Crippen molar-refractivity contribution in [1.29, 1.82) is 0 Å². The molecule has 0 fully saturated rings. The topological polar surface area (TPSA) is 21.3 Å². The average molecular weight is 302 g/mol. The molecule has 1 heterocycles. The molecule has 3 heteroatoms. The lowest BCUT2D eigenvalue weighted by molar-refractivity contribution is 0.138. The molecule has 1 aliphatic heterocycles. The third-order valence-electron chi connectivity index (χ3n) is 3.70. The fourth-order valence-electron chi connectivity index (χ4n) is 2.73. The number of ether oxygens (including phenoxy) is 1. The first kappa shape index (κ1) is 14.4. The van der Waals surface area contributed by atoms with Crippen LogP contribution in [0.4, 0.5) is 0 Å². The maximum atomic E-state index is 5.90. The summed E-state index contributed by atoms with van der Waals surface area (Å²) < 4.78 is 5.90. The van der Waals surface area contributed by atoms with E-state index in [1.807, 2.05) is 24.3 Å². The van der Waals surface area contributed by atoms with E-state index in [2.05, 4.69) is 37.4 Å². The summed E-state index contributed by atoms with van der Waals surface area (Å²) in [7, 11) is 0. The summed E-state index contributed by atoms with van der Waals surface area (Å²) in [5.41, 5.74) is 3.78. The standard InChI is InChI=1S/C18H20ClNO/c1-18(2)10-15-9-14(5-8-17(15)21-18)12-20-11-13-3-6-16(19)7-4-13/h3-9,20H,10-12H2,1-2H3. The Labute approximate surface area is 131 Å². The Kier molecular flexibility index (Phi) is 3.92. The predicted molar refractivity (Wildman–Crippen MR) is 86.8 cm³/mol. The molecule has 2 aromatic rings. The van der Waals surface area contributed by atoms with Gasteiger partial charge in [0, 0.05) is 24.5 Å². The van der Waals surface area contributed by atoms with E-state index in [4.69, 9.17) is 16.3 Å². The maximum Gasteiger partial charge on any atom is 0.123 e. The molecule has 0 aliphatic carbocycles. The van der Waals surface area contributed by atoms with Gasteiger partial charge in [-0.15, -0.1) is 0 Å². The van der Waals surface area contributed by atoms with E-state index in [1.54, 1.807) is 0 Å². The third kappa shape index (κ3) is 3.58. The number of benzene rings is 2. The molecule has 2 nitrogen and oxygen atoms in total. The highest BCUT2D eigenvalue weighted by Crippen LogP contribution is 2.35. The van der Waals surface area contributed by atoms with Crippen LogP contribution in [0.25, 0.3) is 0 Å². The number of hydrogen-bond acceptors (Lipinski definition) is 2. The molecule has 0 saturated heterocycles. The van der Waals surface area contributed by atoms with Crippen molar-refractivity contribution in [3.8, 4) is 5.75 Å². The Balaban J connectivity index is 1.58. The van der Waals surface area contributed by atoms with Crippen molar-refractivity contribution in [3.63, 3.8) is 0 Å². The van der Waals surface area contributed by atoms with Gasteiger partial charge >= 0.3 is 0 Å². The Morgan fingerprint density at radius 1 is 1.05 bits per heavy atom. The van der Waals surface area contributed by atoms with Crippen LogP contribution in [0.2, 0.25) is 5.02 Å². The Morgan fingerprint density at radius 3 is 2.48 bits per heavy atom. The zero-order chi connectivity index (χ0) is 14.9. The molecule has 0 amide bonds. The van der Waals surface area contributed by atoms with Crippen molar-refractivity contribution in [2.45, 2.75) is 39.0 Å². The minimum absolute atomic E-state index is 0.0717. The second-order valence-electron chi connectivity index (χ2n) is 6.21. The Morgan fingerprint density at radius 2 is 1.71 bits per heavy atom. The number of hydrogen-bond donors (Lipinski definition) is 1. The summed E-state index contributed by atoms with van der Waals surface area (Å²) in [5.74, 6) is 1.03. The van der Waals surface area contributed by atoms with Crippen molar-refractivity contribution < 1.29 is 4.74 Å². The van der Waals surface area contributed by atoms with Crippen LogP contribution in [0.1, 0.15) is 30.5 Å². The van der Waals surface area contributed by atoms with E-state index in [1.165, 1.54) is 16.7 Å². The molecule has 1 N–H and O–H groups in total. The van der Waals surface area contributed by atoms with Crippen LogP contribution < -0.4 is 10.1 Å². The molecule has 0 atom stereocenters. The summed E-state index contributed by atoms with van der Waals surface area (Å²) in [4.78, 5) is 0. The minimum Gasteiger partial charge on any atom is -0.487 e. The summed E-state index contributed by atoms with van der Waals surface area (Å²) >= 11 is 5.89. The van der Waals surface area contributed by atoms with Crippen molar-refractivity contribution in [2.75, 3.05) is 0 Å². The van der Waals surface area contributed by atoms with Crippen LogP contribution >= 0.6 is 11.6 Å². The number of halogens is 1. The molecule has 0 aromatic heterocycles. The van der Waals surface area contributed by atoms with E-state index in [9.17, 15) is 0 Å². The van der Waals surface area contributed by atoms with Crippen molar-refractivity contribution >= 4 is 11.6 Å². The zero-order valence-corrected chi connectivity index (χ0v) is 13.2. The summed E-state index contributed by atoms with van der Waals surface area (Å²) in [6.07, 6.45) is 0.980. The van der Waals surface area contributed by atoms with E-state index in [0.29, 0.717) is 0 Å². The van der Waals surface area contributed by atoms with Crippen molar-refractivity contribution in [3.05, 3.63) is 64.2 Å². The lowest BCUT2D eigenvalue weighted by Crippen LogP contribution is -2.24. The maximum absolute atomic E-state index is 5.90. The Hall–Kier alpha value is -1.51. The highest BCUT2D eigenvalue weighted by Gasteiger charge is 2.29. The summed E-state index contributed by atoms with van der Waals surface area (Å²) in [5, 5.41) is 4.24.